The van der Waals surface area contributed by atoms with Crippen molar-refractivity contribution in [3.05, 3.63) is 96.0 Å². The summed E-state index contributed by atoms with van der Waals surface area (Å²) in [6.45, 7) is 6.22. The number of hydrogen-bond donors (Lipinski definition) is 1. The first-order valence-corrected chi connectivity index (χ1v) is 13.2. The molecule has 0 radical (unpaired) electrons. The second-order valence-corrected chi connectivity index (χ2v) is 10.4. The second-order valence-electron chi connectivity index (χ2n) is 8.41. The number of carbonyl (C=O) groups is 3. The Balaban J connectivity index is 1.73. The van der Waals surface area contributed by atoms with Gasteiger partial charge in [-0.25, -0.2) is 9.69 Å². The molecule has 184 valence electrons. The van der Waals surface area contributed by atoms with E-state index in [4.69, 9.17) is 4.74 Å². The normalized spacial score (nSPS) is 14.9. The number of carbonyl (C=O) groups excluding carboxylic acids is 3. The van der Waals surface area contributed by atoms with Gasteiger partial charge in [-0.05, 0) is 102 Å². The highest BCUT2D eigenvalue weighted by atomic mass is 127. The molecule has 0 aromatic heterocycles. The molecule has 0 bridgehead atoms. The highest BCUT2D eigenvalue weighted by molar-refractivity contribution is 14.1. The van der Waals surface area contributed by atoms with Crippen LogP contribution >= 0.6 is 38.5 Å². The number of benzene rings is 3. The van der Waals surface area contributed by atoms with Gasteiger partial charge in [0.25, 0.3) is 11.8 Å². The molecule has 1 saturated heterocycles. The molecule has 1 aliphatic rings. The van der Waals surface area contributed by atoms with Crippen LogP contribution in [0.15, 0.2) is 64.6 Å². The third-order valence-corrected chi connectivity index (χ3v) is 7.70. The predicted octanol–water partition coefficient (Wildman–Crippen LogP) is 6.33. The minimum absolute atomic E-state index is 0.121. The molecule has 4 amide bonds. The summed E-state index contributed by atoms with van der Waals surface area (Å²) >= 11 is 5.85. The number of ether oxygens (including phenoxy) is 1. The zero-order valence-corrected chi connectivity index (χ0v) is 23.8. The lowest BCUT2D eigenvalue weighted by Crippen LogP contribution is -2.54. The van der Waals surface area contributed by atoms with Gasteiger partial charge < -0.3 is 4.74 Å². The minimum Gasteiger partial charge on any atom is -0.494 e. The Morgan fingerprint density at radius 2 is 1.78 bits per heavy atom. The van der Waals surface area contributed by atoms with Gasteiger partial charge in [-0.3, -0.25) is 14.9 Å². The molecule has 0 saturated carbocycles. The SMILES string of the molecule is CCOc1cc(/C=C2\C(=O)NC(=O)N(c3ccc(C)c(C)c3)C2=O)cc(I)c1Cc1ccccc1Br. The zero-order chi connectivity index (χ0) is 26.0. The molecule has 4 rings (SSSR count). The smallest absolute Gasteiger partial charge is 0.335 e. The standard InChI is InChI=1S/C28H24BrIN2O4/c1-4-36-25-14-18(13-24(30)21(25)15-19-7-5-6-8-23(19)29)12-22-26(33)31-28(35)32(27(22)34)20-10-9-16(2)17(3)11-20/h5-14H,4,15H2,1-3H3,(H,31,33,35)/b22-12+. The Morgan fingerprint density at radius 3 is 2.47 bits per heavy atom. The average Bonchev–Trinajstić information content (AvgIpc) is 2.82. The van der Waals surface area contributed by atoms with Crippen LogP contribution in [0.25, 0.3) is 6.08 Å². The van der Waals surface area contributed by atoms with Crippen molar-refractivity contribution in [2.24, 2.45) is 0 Å². The van der Waals surface area contributed by atoms with E-state index in [9.17, 15) is 14.4 Å². The first-order valence-electron chi connectivity index (χ1n) is 11.4. The summed E-state index contributed by atoms with van der Waals surface area (Å²) in [6, 6.07) is 16.3. The topological polar surface area (TPSA) is 75.7 Å². The molecular formula is C28H24BrIN2O4. The summed E-state index contributed by atoms with van der Waals surface area (Å²) < 4.78 is 7.89. The van der Waals surface area contributed by atoms with E-state index in [0.717, 1.165) is 35.2 Å². The van der Waals surface area contributed by atoms with Gasteiger partial charge in [0.15, 0.2) is 0 Å². The molecule has 0 atom stereocenters. The minimum atomic E-state index is -0.765. The number of amides is 4. The van der Waals surface area contributed by atoms with E-state index in [1.807, 2.05) is 57.2 Å². The van der Waals surface area contributed by atoms with Crippen molar-refractivity contribution in [2.45, 2.75) is 27.2 Å². The monoisotopic (exact) mass is 658 g/mol. The van der Waals surface area contributed by atoms with E-state index in [2.05, 4.69) is 49.9 Å². The maximum atomic E-state index is 13.3. The van der Waals surface area contributed by atoms with E-state index >= 15 is 0 Å². The highest BCUT2D eigenvalue weighted by Crippen LogP contribution is 2.32. The molecule has 8 heteroatoms. The molecule has 36 heavy (non-hydrogen) atoms. The van der Waals surface area contributed by atoms with Crippen molar-refractivity contribution in [3.8, 4) is 5.75 Å². The number of halogens is 2. The summed E-state index contributed by atoms with van der Waals surface area (Å²) in [5.74, 6) is -0.717. The van der Waals surface area contributed by atoms with Gasteiger partial charge in [-0.1, -0.05) is 40.2 Å². The quantitative estimate of drug-likeness (QED) is 0.191. The lowest BCUT2D eigenvalue weighted by molar-refractivity contribution is -0.122. The van der Waals surface area contributed by atoms with Crippen LogP contribution in [0.4, 0.5) is 10.5 Å². The predicted molar refractivity (Wildman–Crippen MR) is 152 cm³/mol. The lowest BCUT2D eigenvalue weighted by Gasteiger charge is -2.27. The van der Waals surface area contributed by atoms with Crippen LogP contribution in [-0.4, -0.2) is 24.5 Å². The van der Waals surface area contributed by atoms with Gasteiger partial charge in [0.05, 0.1) is 12.3 Å². The zero-order valence-electron chi connectivity index (χ0n) is 20.0. The van der Waals surface area contributed by atoms with Crippen molar-refractivity contribution in [2.75, 3.05) is 11.5 Å². The van der Waals surface area contributed by atoms with Crippen molar-refractivity contribution >= 4 is 68.1 Å². The fourth-order valence-corrected chi connectivity index (χ4v) is 5.17. The number of nitrogens with one attached hydrogen (secondary N) is 1. The molecule has 1 heterocycles. The fourth-order valence-electron chi connectivity index (χ4n) is 3.93. The first-order chi connectivity index (χ1) is 17.2. The summed E-state index contributed by atoms with van der Waals surface area (Å²) in [5.41, 5.74) is 5.02. The Labute approximate surface area is 232 Å². The van der Waals surface area contributed by atoms with E-state index in [1.165, 1.54) is 6.08 Å². The Morgan fingerprint density at radius 1 is 1.03 bits per heavy atom. The third kappa shape index (κ3) is 5.39. The van der Waals surface area contributed by atoms with Gasteiger partial charge in [-0.15, -0.1) is 0 Å². The van der Waals surface area contributed by atoms with Crippen molar-refractivity contribution in [1.29, 1.82) is 0 Å². The van der Waals surface area contributed by atoms with Crippen molar-refractivity contribution in [1.82, 2.24) is 5.32 Å². The molecule has 1 aliphatic heterocycles. The van der Waals surface area contributed by atoms with Gasteiger partial charge in [0.2, 0.25) is 0 Å². The van der Waals surface area contributed by atoms with Gasteiger partial charge >= 0.3 is 6.03 Å². The number of barbiturate groups is 1. The second kappa shape index (κ2) is 11.0. The van der Waals surface area contributed by atoms with E-state index in [0.29, 0.717) is 30.0 Å². The molecule has 1 fully saturated rings. The van der Waals surface area contributed by atoms with E-state index in [1.54, 1.807) is 12.1 Å². The fraction of sp³-hybridized carbons (Fsp3) is 0.179. The number of rotatable bonds is 6. The molecule has 1 N–H and O–H groups in total. The molecule has 0 spiro atoms. The molecule has 3 aromatic carbocycles. The van der Waals surface area contributed by atoms with Gasteiger partial charge in [-0.2, -0.15) is 0 Å². The number of hydrogen-bond acceptors (Lipinski definition) is 4. The number of nitrogens with zero attached hydrogens (tertiary/aromatic N) is 1. The number of imide groups is 2. The number of urea groups is 1. The van der Waals surface area contributed by atoms with E-state index < -0.39 is 17.8 Å². The van der Waals surface area contributed by atoms with Crippen molar-refractivity contribution < 1.29 is 19.1 Å². The molecular weight excluding hydrogens is 635 g/mol. The van der Waals surface area contributed by atoms with Crippen LogP contribution in [0.5, 0.6) is 5.75 Å². The molecule has 0 aliphatic carbocycles. The maximum absolute atomic E-state index is 13.3. The summed E-state index contributed by atoms with van der Waals surface area (Å²) in [7, 11) is 0. The largest absolute Gasteiger partial charge is 0.494 e. The Bertz CT molecular complexity index is 1420. The third-order valence-electron chi connectivity index (χ3n) is 5.96. The summed E-state index contributed by atoms with van der Waals surface area (Å²) in [6.07, 6.45) is 2.16. The number of anilines is 1. The van der Waals surface area contributed by atoms with Crippen LogP contribution in [0.1, 0.15) is 34.7 Å². The summed E-state index contributed by atoms with van der Waals surface area (Å²) in [4.78, 5) is 39.6. The molecule has 0 unspecified atom stereocenters. The Kier molecular flexibility index (Phi) is 7.94. The molecule has 6 nitrogen and oxygen atoms in total. The van der Waals surface area contributed by atoms with Gasteiger partial charge in [0, 0.05) is 20.0 Å². The van der Waals surface area contributed by atoms with Crippen molar-refractivity contribution in [3.63, 3.8) is 0 Å². The highest BCUT2D eigenvalue weighted by Gasteiger charge is 2.37. The number of aryl methyl sites for hydroxylation is 2. The molecule has 3 aromatic rings. The van der Waals surface area contributed by atoms with Crippen LogP contribution in [0, 0.1) is 17.4 Å². The van der Waals surface area contributed by atoms with Crippen LogP contribution in [0.3, 0.4) is 0 Å². The van der Waals surface area contributed by atoms with Crippen LogP contribution < -0.4 is 15.0 Å². The lowest BCUT2D eigenvalue weighted by atomic mass is 10.0. The van der Waals surface area contributed by atoms with Gasteiger partial charge in [0.1, 0.15) is 11.3 Å². The summed E-state index contributed by atoms with van der Waals surface area (Å²) in [5, 5.41) is 2.29. The van der Waals surface area contributed by atoms with Crippen LogP contribution in [-0.2, 0) is 16.0 Å². The first kappa shape index (κ1) is 26.1. The average molecular weight is 659 g/mol. The van der Waals surface area contributed by atoms with Crippen LogP contribution in [0.2, 0.25) is 0 Å². The maximum Gasteiger partial charge on any atom is 0.335 e. The Hall–Kier alpha value is -2.98. The van der Waals surface area contributed by atoms with E-state index in [-0.39, 0.29) is 5.57 Å².